The van der Waals surface area contributed by atoms with Crippen molar-refractivity contribution in [3.63, 3.8) is 0 Å². The van der Waals surface area contributed by atoms with Crippen molar-refractivity contribution in [2.75, 3.05) is 31.2 Å². The number of benzene rings is 2. The summed E-state index contributed by atoms with van der Waals surface area (Å²) in [5.74, 6) is 2.47. The second-order valence-electron chi connectivity index (χ2n) is 7.22. The van der Waals surface area contributed by atoms with Gasteiger partial charge in [0.2, 0.25) is 17.7 Å². The van der Waals surface area contributed by atoms with E-state index in [1.165, 1.54) is 17.3 Å². The maximum absolute atomic E-state index is 5.50. The van der Waals surface area contributed by atoms with Crippen LogP contribution in [0.15, 0.2) is 64.3 Å². The predicted octanol–water partition coefficient (Wildman–Crippen LogP) is 3.75. The zero-order valence-corrected chi connectivity index (χ0v) is 18.0. The van der Waals surface area contributed by atoms with Gasteiger partial charge in [0, 0.05) is 18.7 Å². The molecule has 0 bridgehead atoms. The second kappa shape index (κ2) is 8.91. The van der Waals surface area contributed by atoms with Crippen LogP contribution in [0.2, 0.25) is 0 Å². The van der Waals surface area contributed by atoms with Gasteiger partial charge in [-0.05, 0) is 19.1 Å². The van der Waals surface area contributed by atoms with E-state index >= 15 is 0 Å². The number of rotatable bonds is 6. The fourth-order valence-corrected chi connectivity index (χ4v) is 4.17. The lowest BCUT2D eigenvalue weighted by atomic mass is 10.2. The second-order valence-corrected chi connectivity index (χ2v) is 8.16. The van der Waals surface area contributed by atoms with E-state index in [0.717, 1.165) is 35.4 Å². The molecule has 8 nitrogen and oxygen atoms in total. The van der Waals surface area contributed by atoms with E-state index in [1.807, 2.05) is 30.3 Å². The largest absolute Gasteiger partial charge is 0.378 e. The van der Waals surface area contributed by atoms with Gasteiger partial charge >= 0.3 is 0 Å². The SMILES string of the molecule is Cc1ccc(-n2c(SCc3nc(-c4ccccc4)no3)nnc2N2CCOCC2)cc1. The van der Waals surface area contributed by atoms with Crippen LogP contribution < -0.4 is 4.90 Å². The molecule has 9 heteroatoms. The first-order valence-corrected chi connectivity index (χ1v) is 11.1. The molecular weight excluding hydrogens is 412 g/mol. The Labute approximate surface area is 184 Å². The lowest BCUT2D eigenvalue weighted by Crippen LogP contribution is -2.37. The molecule has 0 aliphatic carbocycles. The van der Waals surface area contributed by atoms with Crippen LogP contribution in [0, 0.1) is 6.92 Å². The first-order valence-electron chi connectivity index (χ1n) is 10.1. The summed E-state index contributed by atoms with van der Waals surface area (Å²) in [7, 11) is 0. The summed E-state index contributed by atoms with van der Waals surface area (Å²) in [5.41, 5.74) is 3.16. The summed E-state index contributed by atoms with van der Waals surface area (Å²) in [6, 6.07) is 18.2. The van der Waals surface area contributed by atoms with Gasteiger partial charge in [0.05, 0.1) is 24.7 Å². The third kappa shape index (κ3) is 4.33. The Kier molecular flexibility index (Phi) is 5.68. The summed E-state index contributed by atoms with van der Waals surface area (Å²) >= 11 is 1.53. The van der Waals surface area contributed by atoms with Crippen LogP contribution in [-0.4, -0.2) is 51.2 Å². The van der Waals surface area contributed by atoms with E-state index < -0.39 is 0 Å². The number of aromatic nitrogens is 5. The highest BCUT2D eigenvalue weighted by Crippen LogP contribution is 2.29. The summed E-state index contributed by atoms with van der Waals surface area (Å²) in [5, 5.41) is 13.9. The highest BCUT2D eigenvalue weighted by atomic mass is 32.2. The Bertz CT molecular complexity index is 1140. The van der Waals surface area contributed by atoms with Crippen LogP contribution in [0.3, 0.4) is 0 Å². The van der Waals surface area contributed by atoms with Crippen LogP contribution in [0.1, 0.15) is 11.5 Å². The quantitative estimate of drug-likeness (QED) is 0.424. The summed E-state index contributed by atoms with van der Waals surface area (Å²) in [4.78, 5) is 6.73. The Balaban J connectivity index is 1.40. The van der Waals surface area contributed by atoms with Gasteiger partial charge in [-0.2, -0.15) is 4.98 Å². The fraction of sp³-hybridized carbons (Fsp3) is 0.273. The Morgan fingerprint density at radius 2 is 1.74 bits per heavy atom. The van der Waals surface area contributed by atoms with Crippen LogP contribution in [0.4, 0.5) is 5.95 Å². The number of hydrogen-bond acceptors (Lipinski definition) is 8. The number of ether oxygens (including phenoxy) is 1. The van der Waals surface area contributed by atoms with Crippen LogP contribution in [0.25, 0.3) is 17.1 Å². The van der Waals surface area contributed by atoms with Gasteiger partial charge in [-0.15, -0.1) is 10.2 Å². The molecule has 158 valence electrons. The van der Waals surface area contributed by atoms with E-state index in [9.17, 15) is 0 Å². The molecule has 2 aromatic heterocycles. The van der Waals surface area contributed by atoms with Crippen molar-refractivity contribution in [1.29, 1.82) is 0 Å². The maximum atomic E-state index is 5.50. The van der Waals surface area contributed by atoms with Gasteiger partial charge < -0.3 is 14.2 Å². The Morgan fingerprint density at radius 3 is 2.52 bits per heavy atom. The molecule has 1 aliphatic rings. The number of morpholine rings is 1. The molecule has 1 saturated heterocycles. The zero-order chi connectivity index (χ0) is 21.0. The van der Waals surface area contributed by atoms with Gasteiger partial charge in [0.25, 0.3) is 0 Å². The molecule has 1 fully saturated rings. The van der Waals surface area contributed by atoms with E-state index in [0.29, 0.717) is 30.7 Å². The minimum absolute atomic E-state index is 0.507. The van der Waals surface area contributed by atoms with E-state index in [4.69, 9.17) is 9.26 Å². The molecule has 4 aromatic rings. The van der Waals surface area contributed by atoms with E-state index in [-0.39, 0.29) is 0 Å². The van der Waals surface area contributed by atoms with Crippen molar-refractivity contribution in [1.82, 2.24) is 24.9 Å². The Hall–Kier alpha value is -3.17. The van der Waals surface area contributed by atoms with Crippen LogP contribution >= 0.6 is 11.8 Å². The Morgan fingerprint density at radius 1 is 0.968 bits per heavy atom. The molecule has 0 radical (unpaired) electrons. The van der Waals surface area contributed by atoms with E-state index in [1.54, 1.807) is 0 Å². The molecule has 0 N–H and O–H groups in total. The third-order valence-corrected chi connectivity index (χ3v) is 5.94. The lowest BCUT2D eigenvalue weighted by Gasteiger charge is -2.27. The zero-order valence-electron chi connectivity index (χ0n) is 17.1. The number of aryl methyl sites for hydroxylation is 1. The van der Waals surface area contributed by atoms with Crippen molar-refractivity contribution in [3.8, 4) is 17.1 Å². The molecule has 2 aromatic carbocycles. The molecule has 0 unspecified atom stereocenters. The van der Waals surface area contributed by atoms with Gasteiger partial charge in [0.1, 0.15) is 0 Å². The van der Waals surface area contributed by atoms with Crippen molar-refractivity contribution in [3.05, 3.63) is 66.1 Å². The van der Waals surface area contributed by atoms with E-state index in [2.05, 4.69) is 61.0 Å². The van der Waals surface area contributed by atoms with Gasteiger partial charge in [-0.25, -0.2) is 0 Å². The van der Waals surface area contributed by atoms with Crippen molar-refractivity contribution in [2.24, 2.45) is 0 Å². The first kappa shape index (κ1) is 19.8. The number of thioether (sulfide) groups is 1. The number of hydrogen-bond donors (Lipinski definition) is 0. The summed E-state index contributed by atoms with van der Waals surface area (Å²) in [6.45, 7) is 5.03. The third-order valence-electron chi connectivity index (χ3n) is 5.03. The van der Waals surface area contributed by atoms with Gasteiger partial charge in [0.15, 0.2) is 5.16 Å². The van der Waals surface area contributed by atoms with Crippen LogP contribution in [0.5, 0.6) is 0 Å². The summed E-state index contributed by atoms with van der Waals surface area (Å²) < 4.78 is 13.0. The first-order chi connectivity index (χ1) is 15.3. The molecule has 1 aliphatic heterocycles. The molecule has 3 heterocycles. The van der Waals surface area contributed by atoms with Crippen LogP contribution in [-0.2, 0) is 10.5 Å². The number of anilines is 1. The maximum Gasteiger partial charge on any atom is 0.237 e. The lowest BCUT2D eigenvalue weighted by molar-refractivity contribution is 0.122. The molecule has 0 atom stereocenters. The normalized spacial score (nSPS) is 14.2. The highest BCUT2D eigenvalue weighted by molar-refractivity contribution is 7.98. The van der Waals surface area contributed by atoms with Gasteiger partial charge in [-0.1, -0.05) is 64.9 Å². The molecule has 0 amide bonds. The van der Waals surface area contributed by atoms with Crippen molar-refractivity contribution >= 4 is 17.7 Å². The highest BCUT2D eigenvalue weighted by Gasteiger charge is 2.22. The molecule has 5 rings (SSSR count). The fourth-order valence-electron chi connectivity index (χ4n) is 3.39. The monoisotopic (exact) mass is 434 g/mol. The molecule has 0 spiro atoms. The average molecular weight is 435 g/mol. The minimum atomic E-state index is 0.507. The predicted molar refractivity (Wildman–Crippen MR) is 118 cm³/mol. The minimum Gasteiger partial charge on any atom is -0.378 e. The van der Waals surface area contributed by atoms with Crippen molar-refractivity contribution in [2.45, 2.75) is 17.8 Å². The number of nitrogens with zero attached hydrogens (tertiary/aromatic N) is 6. The molecular formula is C22H22N6O2S. The summed E-state index contributed by atoms with van der Waals surface area (Å²) in [6.07, 6.45) is 0. The molecule has 0 saturated carbocycles. The average Bonchev–Trinajstić information content (AvgIpc) is 3.47. The smallest absolute Gasteiger partial charge is 0.237 e. The topological polar surface area (TPSA) is 82.1 Å². The van der Waals surface area contributed by atoms with Gasteiger partial charge in [-0.3, -0.25) is 4.57 Å². The molecule has 31 heavy (non-hydrogen) atoms. The van der Waals surface area contributed by atoms with Crippen molar-refractivity contribution < 1.29 is 9.26 Å². The standard InChI is InChI=1S/C22H22N6O2S/c1-16-7-9-18(10-8-16)28-21(27-11-13-29-14-12-27)24-25-22(28)31-15-19-23-20(26-30-19)17-5-3-2-4-6-17/h2-10H,11-15H2,1H3.